The average Bonchev–Trinajstić information content (AvgIpc) is 2.49. The van der Waals surface area contributed by atoms with Crippen molar-refractivity contribution in [3.8, 4) is 0 Å². The fourth-order valence-electron chi connectivity index (χ4n) is 3.78. The molecule has 0 amide bonds. The SMILES string of the molecule is CCC(N1CCCCC1)C(N)(c1ccc(F)cc1)C(C)C. The van der Waals surface area contributed by atoms with E-state index < -0.39 is 5.54 Å². The smallest absolute Gasteiger partial charge is 0.123 e. The van der Waals surface area contributed by atoms with E-state index in [9.17, 15) is 4.39 Å². The summed E-state index contributed by atoms with van der Waals surface area (Å²) in [7, 11) is 0. The minimum absolute atomic E-state index is 0.198. The summed E-state index contributed by atoms with van der Waals surface area (Å²) in [6.45, 7) is 8.83. The van der Waals surface area contributed by atoms with E-state index in [1.165, 1.54) is 31.4 Å². The van der Waals surface area contributed by atoms with Gasteiger partial charge in [-0.3, -0.25) is 4.90 Å². The number of hydrogen-bond donors (Lipinski definition) is 1. The molecular formula is C18H29FN2. The lowest BCUT2D eigenvalue weighted by Gasteiger charge is -2.48. The van der Waals surface area contributed by atoms with Crippen LogP contribution in [0.15, 0.2) is 24.3 Å². The number of benzene rings is 1. The van der Waals surface area contributed by atoms with Gasteiger partial charge < -0.3 is 5.73 Å². The number of nitrogens with zero attached hydrogens (tertiary/aromatic N) is 1. The van der Waals surface area contributed by atoms with Crippen LogP contribution in [0.3, 0.4) is 0 Å². The lowest BCUT2D eigenvalue weighted by Crippen LogP contribution is -2.59. The van der Waals surface area contributed by atoms with Gasteiger partial charge in [0.05, 0.1) is 5.54 Å². The van der Waals surface area contributed by atoms with Crippen LogP contribution in [-0.4, -0.2) is 24.0 Å². The van der Waals surface area contributed by atoms with Gasteiger partial charge in [0.2, 0.25) is 0 Å². The van der Waals surface area contributed by atoms with E-state index in [0.717, 1.165) is 25.1 Å². The van der Waals surface area contributed by atoms with Gasteiger partial charge in [0.15, 0.2) is 0 Å². The first kappa shape index (κ1) is 16.4. The van der Waals surface area contributed by atoms with Gasteiger partial charge in [0, 0.05) is 6.04 Å². The maximum Gasteiger partial charge on any atom is 0.123 e. The number of halogens is 1. The molecule has 0 spiro atoms. The van der Waals surface area contributed by atoms with Crippen molar-refractivity contribution in [2.45, 2.75) is 58.0 Å². The maximum atomic E-state index is 13.3. The predicted octanol–water partition coefficient (Wildman–Crippen LogP) is 3.90. The van der Waals surface area contributed by atoms with Crippen LogP contribution in [0.25, 0.3) is 0 Å². The van der Waals surface area contributed by atoms with Gasteiger partial charge in [0.25, 0.3) is 0 Å². The lowest BCUT2D eigenvalue weighted by atomic mass is 9.73. The molecule has 2 unspecified atom stereocenters. The Hall–Kier alpha value is -0.930. The summed E-state index contributed by atoms with van der Waals surface area (Å²) in [5.74, 6) is 0.103. The van der Waals surface area contributed by atoms with Gasteiger partial charge in [-0.1, -0.05) is 39.3 Å². The molecular weight excluding hydrogens is 263 g/mol. The Morgan fingerprint density at radius 1 is 1.14 bits per heavy atom. The summed E-state index contributed by atoms with van der Waals surface area (Å²) in [6, 6.07) is 7.09. The Balaban J connectivity index is 2.36. The first-order chi connectivity index (χ1) is 10.00. The molecule has 1 aromatic rings. The molecule has 1 fully saturated rings. The number of likely N-dealkylation sites (tertiary alicyclic amines) is 1. The molecule has 0 aromatic heterocycles. The first-order valence-corrected chi connectivity index (χ1v) is 8.29. The standard InChI is InChI=1S/C18H29FN2/c1-4-17(21-12-6-5-7-13-21)18(20,14(2)3)15-8-10-16(19)11-9-15/h8-11,14,17H,4-7,12-13,20H2,1-3H3. The second kappa shape index (κ2) is 6.89. The zero-order valence-electron chi connectivity index (χ0n) is 13.6. The molecule has 1 aliphatic heterocycles. The monoisotopic (exact) mass is 292 g/mol. The minimum Gasteiger partial charge on any atom is -0.320 e. The van der Waals surface area contributed by atoms with E-state index >= 15 is 0 Å². The van der Waals surface area contributed by atoms with Crippen LogP contribution in [0.4, 0.5) is 4.39 Å². The molecule has 2 N–H and O–H groups in total. The van der Waals surface area contributed by atoms with Crippen LogP contribution in [0.2, 0.25) is 0 Å². The number of rotatable bonds is 5. The summed E-state index contributed by atoms with van der Waals surface area (Å²) < 4.78 is 13.3. The van der Waals surface area contributed by atoms with E-state index in [0.29, 0.717) is 12.0 Å². The highest BCUT2D eigenvalue weighted by molar-refractivity contribution is 5.28. The molecule has 21 heavy (non-hydrogen) atoms. The Morgan fingerprint density at radius 3 is 2.19 bits per heavy atom. The summed E-state index contributed by atoms with van der Waals surface area (Å²) in [6.07, 6.45) is 4.86. The van der Waals surface area contributed by atoms with Gasteiger partial charge in [-0.05, 0) is 56.0 Å². The third-order valence-corrected chi connectivity index (χ3v) is 5.07. The van der Waals surface area contributed by atoms with E-state index in [1.54, 1.807) is 0 Å². The quantitative estimate of drug-likeness (QED) is 0.892. The van der Waals surface area contributed by atoms with Gasteiger partial charge in [-0.25, -0.2) is 4.39 Å². The lowest BCUT2D eigenvalue weighted by molar-refractivity contribution is 0.0675. The molecule has 3 heteroatoms. The highest BCUT2D eigenvalue weighted by atomic mass is 19.1. The molecule has 1 aromatic carbocycles. The molecule has 0 bridgehead atoms. The highest BCUT2D eigenvalue weighted by Gasteiger charge is 2.41. The molecule has 118 valence electrons. The fourth-order valence-corrected chi connectivity index (χ4v) is 3.78. The van der Waals surface area contributed by atoms with Crippen molar-refractivity contribution in [1.29, 1.82) is 0 Å². The first-order valence-electron chi connectivity index (χ1n) is 8.29. The zero-order valence-corrected chi connectivity index (χ0v) is 13.6. The Bertz CT molecular complexity index is 437. The molecule has 1 aliphatic rings. The third-order valence-electron chi connectivity index (χ3n) is 5.07. The van der Waals surface area contributed by atoms with E-state index in [4.69, 9.17) is 5.73 Å². The van der Waals surface area contributed by atoms with Crippen molar-refractivity contribution in [2.24, 2.45) is 11.7 Å². The number of hydrogen-bond acceptors (Lipinski definition) is 2. The number of nitrogens with two attached hydrogens (primary N) is 1. The van der Waals surface area contributed by atoms with E-state index in [1.807, 2.05) is 12.1 Å². The minimum atomic E-state index is -0.431. The van der Waals surface area contributed by atoms with Crippen molar-refractivity contribution < 1.29 is 4.39 Å². The third kappa shape index (κ3) is 3.29. The van der Waals surface area contributed by atoms with Crippen LogP contribution >= 0.6 is 0 Å². The van der Waals surface area contributed by atoms with Crippen LogP contribution in [-0.2, 0) is 5.54 Å². The Kier molecular flexibility index (Phi) is 5.39. The molecule has 2 nitrogen and oxygen atoms in total. The van der Waals surface area contributed by atoms with Gasteiger partial charge in [0.1, 0.15) is 5.82 Å². The summed E-state index contributed by atoms with van der Waals surface area (Å²) in [4.78, 5) is 2.55. The van der Waals surface area contributed by atoms with Crippen LogP contribution in [0, 0.1) is 11.7 Å². The summed E-state index contributed by atoms with van der Waals surface area (Å²) in [5.41, 5.74) is 7.56. The van der Waals surface area contributed by atoms with Crippen molar-refractivity contribution in [3.05, 3.63) is 35.6 Å². The van der Waals surface area contributed by atoms with Crippen LogP contribution in [0.1, 0.15) is 52.0 Å². The maximum absolute atomic E-state index is 13.3. The normalized spacial score (nSPS) is 21.2. The van der Waals surface area contributed by atoms with Gasteiger partial charge in [-0.2, -0.15) is 0 Å². The molecule has 0 aliphatic carbocycles. The van der Waals surface area contributed by atoms with Crippen molar-refractivity contribution in [3.63, 3.8) is 0 Å². The average molecular weight is 292 g/mol. The van der Waals surface area contributed by atoms with Crippen molar-refractivity contribution in [2.75, 3.05) is 13.1 Å². The molecule has 2 rings (SSSR count). The topological polar surface area (TPSA) is 29.3 Å². The molecule has 0 saturated carbocycles. The van der Waals surface area contributed by atoms with Crippen molar-refractivity contribution in [1.82, 2.24) is 4.90 Å². The van der Waals surface area contributed by atoms with Crippen LogP contribution < -0.4 is 5.73 Å². The molecule has 1 saturated heterocycles. The Morgan fingerprint density at radius 2 is 1.71 bits per heavy atom. The highest BCUT2D eigenvalue weighted by Crippen LogP contribution is 2.36. The largest absolute Gasteiger partial charge is 0.320 e. The zero-order chi connectivity index (χ0) is 15.5. The number of piperidine rings is 1. The van der Waals surface area contributed by atoms with Crippen LogP contribution in [0.5, 0.6) is 0 Å². The Labute approximate surface area is 128 Å². The van der Waals surface area contributed by atoms with Gasteiger partial charge in [-0.15, -0.1) is 0 Å². The van der Waals surface area contributed by atoms with E-state index in [-0.39, 0.29) is 5.82 Å². The van der Waals surface area contributed by atoms with Crippen molar-refractivity contribution >= 4 is 0 Å². The summed E-state index contributed by atoms with van der Waals surface area (Å²) >= 11 is 0. The summed E-state index contributed by atoms with van der Waals surface area (Å²) in [5, 5.41) is 0. The van der Waals surface area contributed by atoms with Gasteiger partial charge >= 0.3 is 0 Å². The predicted molar refractivity (Wildman–Crippen MR) is 86.6 cm³/mol. The second-order valence-corrected chi connectivity index (χ2v) is 6.62. The fraction of sp³-hybridized carbons (Fsp3) is 0.667. The molecule has 1 heterocycles. The molecule has 0 radical (unpaired) electrons. The molecule has 2 atom stereocenters. The second-order valence-electron chi connectivity index (χ2n) is 6.62. The van der Waals surface area contributed by atoms with E-state index in [2.05, 4.69) is 25.7 Å².